The SMILES string of the molecule is CCC(CC)(NC(=O)COc1cc(C)cc(C)c1)C(=O)O. The molecule has 5 nitrogen and oxygen atoms in total. The molecule has 1 amide bonds. The molecule has 0 aliphatic carbocycles. The molecule has 0 aliphatic rings. The molecular formula is C16H23NO4. The van der Waals surface area contributed by atoms with E-state index in [-0.39, 0.29) is 6.61 Å². The minimum atomic E-state index is -1.22. The van der Waals surface area contributed by atoms with Crippen LogP contribution in [0.3, 0.4) is 0 Å². The lowest BCUT2D eigenvalue weighted by Crippen LogP contribution is -2.54. The van der Waals surface area contributed by atoms with E-state index < -0.39 is 17.4 Å². The molecule has 0 heterocycles. The average Bonchev–Trinajstić information content (AvgIpc) is 2.41. The zero-order valence-corrected chi connectivity index (χ0v) is 13.0. The number of hydrogen-bond donors (Lipinski definition) is 2. The molecule has 116 valence electrons. The van der Waals surface area contributed by atoms with Gasteiger partial charge in [0.1, 0.15) is 11.3 Å². The van der Waals surface area contributed by atoms with E-state index in [4.69, 9.17) is 4.74 Å². The second-order valence-corrected chi connectivity index (χ2v) is 5.25. The molecule has 0 saturated carbocycles. The Labute approximate surface area is 125 Å². The first-order chi connectivity index (χ1) is 9.82. The predicted molar refractivity (Wildman–Crippen MR) is 80.5 cm³/mol. The van der Waals surface area contributed by atoms with Crippen molar-refractivity contribution in [3.8, 4) is 5.75 Å². The largest absolute Gasteiger partial charge is 0.484 e. The summed E-state index contributed by atoms with van der Waals surface area (Å²) in [4.78, 5) is 23.3. The van der Waals surface area contributed by atoms with Crippen LogP contribution in [0.1, 0.15) is 37.8 Å². The number of carboxylic acids is 1. The quantitative estimate of drug-likeness (QED) is 0.809. The Kier molecular flexibility index (Phi) is 5.76. The lowest BCUT2D eigenvalue weighted by atomic mass is 9.93. The minimum absolute atomic E-state index is 0.197. The van der Waals surface area contributed by atoms with Gasteiger partial charge >= 0.3 is 5.97 Å². The number of benzene rings is 1. The van der Waals surface area contributed by atoms with Crippen molar-refractivity contribution in [3.63, 3.8) is 0 Å². The molecule has 0 radical (unpaired) electrons. The first kappa shape index (κ1) is 17.0. The third-order valence-corrected chi connectivity index (χ3v) is 3.56. The lowest BCUT2D eigenvalue weighted by molar-refractivity contribution is -0.148. The maximum absolute atomic E-state index is 11.9. The summed E-state index contributed by atoms with van der Waals surface area (Å²) in [5, 5.41) is 11.8. The summed E-state index contributed by atoms with van der Waals surface area (Å²) in [6, 6.07) is 5.69. The number of nitrogens with one attached hydrogen (secondary N) is 1. The third-order valence-electron chi connectivity index (χ3n) is 3.56. The highest BCUT2D eigenvalue weighted by Crippen LogP contribution is 2.17. The van der Waals surface area contributed by atoms with Gasteiger partial charge in [0.2, 0.25) is 0 Å². The van der Waals surface area contributed by atoms with Crippen molar-refractivity contribution in [1.82, 2.24) is 5.32 Å². The van der Waals surface area contributed by atoms with E-state index in [0.717, 1.165) is 11.1 Å². The number of carboxylic acid groups (broad SMARTS) is 1. The molecule has 0 fully saturated rings. The van der Waals surface area contributed by atoms with Gasteiger partial charge in [-0.15, -0.1) is 0 Å². The van der Waals surface area contributed by atoms with Crippen LogP contribution < -0.4 is 10.1 Å². The van der Waals surface area contributed by atoms with Gasteiger partial charge in [-0.05, 0) is 49.9 Å². The fourth-order valence-corrected chi connectivity index (χ4v) is 2.25. The Morgan fingerprint density at radius 3 is 2.10 bits per heavy atom. The average molecular weight is 293 g/mol. The molecular weight excluding hydrogens is 270 g/mol. The van der Waals surface area contributed by atoms with Crippen molar-refractivity contribution < 1.29 is 19.4 Å². The number of ether oxygens (including phenoxy) is 1. The fraction of sp³-hybridized carbons (Fsp3) is 0.500. The molecule has 0 bridgehead atoms. The number of rotatable bonds is 7. The second kappa shape index (κ2) is 7.11. The standard InChI is InChI=1S/C16H23NO4/c1-5-16(6-2,15(19)20)17-14(18)10-21-13-8-11(3)7-12(4)9-13/h7-9H,5-6,10H2,1-4H3,(H,17,18)(H,19,20). The van der Waals surface area contributed by atoms with Gasteiger partial charge in [0.25, 0.3) is 5.91 Å². The molecule has 21 heavy (non-hydrogen) atoms. The van der Waals surface area contributed by atoms with E-state index >= 15 is 0 Å². The molecule has 1 aromatic rings. The maximum Gasteiger partial charge on any atom is 0.329 e. The summed E-state index contributed by atoms with van der Waals surface area (Å²) < 4.78 is 5.44. The highest BCUT2D eigenvalue weighted by Gasteiger charge is 2.36. The lowest BCUT2D eigenvalue weighted by Gasteiger charge is -2.27. The maximum atomic E-state index is 11.9. The second-order valence-electron chi connectivity index (χ2n) is 5.25. The summed E-state index contributed by atoms with van der Waals surface area (Å²) in [5.41, 5.74) is 0.878. The summed E-state index contributed by atoms with van der Waals surface area (Å²) in [5.74, 6) is -0.843. The van der Waals surface area contributed by atoms with Crippen LogP contribution in [-0.2, 0) is 9.59 Å². The summed E-state index contributed by atoms with van der Waals surface area (Å²) in [7, 11) is 0. The molecule has 0 aromatic heterocycles. The van der Waals surface area contributed by atoms with E-state index in [1.54, 1.807) is 13.8 Å². The Balaban J connectivity index is 2.67. The smallest absolute Gasteiger partial charge is 0.329 e. The zero-order chi connectivity index (χ0) is 16.0. The van der Waals surface area contributed by atoms with Crippen molar-refractivity contribution in [3.05, 3.63) is 29.3 Å². The molecule has 5 heteroatoms. The highest BCUT2D eigenvalue weighted by molar-refractivity contribution is 5.87. The molecule has 0 aliphatic heterocycles. The van der Waals surface area contributed by atoms with Gasteiger partial charge in [-0.1, -0.05) is 19.9 Å². The number of aliphatic carboxylic acids is 1. The van der Waals surface area contributed by atoms with Crippen LogP contribution in [0.25, 0.3) is 0 Å². The van der Waals surface area contributed by atoms with Crippen molar-refractivity contribution in [1.29, 1.82) is 0 Å². The van der Waals surface area contributed by atoms with Crippen LogP contribution in [0.15, 0.2) is 18.2 Å². The van der Waals surface area contributed by atoms with Crippen LogP contribution in [0.2, 0.25) is 0 Å². The van der Waals surface area contributed by atoms with Crippen molar-refractivity contribution in [2.24, 2.45) is 0 Å². The minimum Gasteiger partial charge on any atom is -0.484 e. The highest BCUT2D eigenvalue weighted by atomic mass is 16.5. The normalized spacial score (nSPS) is 11.0. The first-order valence-electron chi connectivity index (χ1n) is 7.08. The summed E-state index contributed by atoms with van der Waals surface area (Å²) in [6.45, 7) is 7.18. The van der Waals surface area contributed by atoms with Gasteiger partial charge in [0, 0.05) is 0 Å². The van der Waals surface area contributed by atoms with Crippen LogP contribution >= 0.6 is 0 Å². The Morgan fingerprint density at radius 2 is 1.67 bits per heavy atom. The van der Waals surface area contributed by atoms with E-state index in [0.29, 0.717) is 18.6 Å². The molecule has 1 aromatic carbocycles. The molecule has 0 saturated heterocycles. The van der Waals surface area contributed by atoms with E-state index in [9.17, 15) is 14.7 Å². The number of aryl methyl sites for hydroxylation is 2. The number of carbonyl (C=O) groups is 2. The van der Waals surface area contributed by atoms with E-state index in [1.165, 1.54) is 0 Å². The topological polar surface area (TPSA) is 75.6 Å². The van der Waals surface area contributed by atoms with Crippen LogP contribution in [0.5, 0.6) is 5.75 Å². The van der Waals surface area contributed by atoms with Crippen LogP contribution in [-0.4, -0.2) is 29.1 Å². The van der Waals surface area contributed by atoms with E-state index in [2.05, 4.69) is 5.32 Å². The Bertz CT molecular complexity index is 501. The van der Waals surface area contributed by atoms with Gasteiger partial charge in [-0.25, -0.2) is 4.79 Å². The number of carbonyl (C=O) groups excluding carboxylic acids is 1. The monoisotopic (exact) mass is 293 g/mol. The molecule has 2 N–H and O–H groups in total. The van der Waals surface area contributed by atoms with Crippen molar-refractivity contribution in [2.45, 2.75) is 46.1 Å². The predicted octanol–water partition coefficient (Wildman–Crippen LogP) is 2.44. The zero-order valence-electron chi connectivity index (χ0n) is 13.0. The molecule has 0 spiro atoms. The van der Waals surface area contributed by atoms with Crippen LogP contribution in [0.4, 0.5) is 0 Å². The Hall–Kier alpha value is -2.04. The van der Waals surface area contributed by atoms with Gasteiger partial charge in [-0.3, -0.25) is 4.79 Å². The van der Waals surface area contributed by atoms with Gasteiger partial charge in [-0.2, -0.15) is 0 Å². The molecule has 0 atom stereocenters. The summed E-state index contributed by atoms with van der Waals surface area (Å²) >= 11 is 0. The van der Waals surface area contributed by atoms with Gasteiger partial charge in [0.05, 0.1) is 0 Å². The third kappa shape index (κ3) is 4.48. The summed E-state index contributed by atoms with van der Waals surface area (Å²) in [6.07, 6.45) is 0.655. The number of amides is 1. The number of hydrogen-bond acceptors (Lipinski definition) is 3. The van der Waals surface area contributed by atoms with Gasteiger partial charge < -0.3 is 15.2 Å². The molecule has 0 unspecified atom stereocenters. The first-order valence-corrected chi connectivity index (χ1v) is 7.08. The van der Waals surface area contributed by atoms with Crippen molar-refractivity contribution >= 4 is 11.9 Å². The van der Waals surface area contributed by atoms with Gasteiger partial charge in [0.15, 0.2) is 6.61 Å². The van der Waals surface area contributed by atoms with E-state index in [1.807, 2.05) is 32.0 Å². The Morgan fingerprint density at radius 1 is 1.14 bits per heavy atom. The van der Waals surface area contributed by atoms with Crippen LogP contribution in [0, 0.1) is 13.8 Å². The molecule has 1 rings (SSSR count). The fourth-order valence-electron chi connectivity index (χ4n) is 2.25. The van der Waals surface area contributed by atoms with Crippen molar-refractivity contribution in [2.75, 3.05) is 6.61 Å².